The predicted molar refractivity (Wildman–Crippen MR) is 240 cm³/mol. The van der Waals surface area contributed by atoms with Gasteiger partial charge in [-0.2, -0.15) is 0 Å². The molecule has 0 bridgehead atoms. The van der Waals surface area contributed by atoms with E-state index >= 15 is 0 Å². The fourth-order valence-electron chi connectivity index (χ4n) is 5.81. The Labute approximate surface area is 357 Å². The van der Waals surface area contributed by atoms with E-state index in [1.807, 2.05) is 97.1 Å². The normalized spacial score (nSPS) is 12.0. The second-order valence-electron chi connectivity index (χ2n) is 14.3. The van der Waals surface area contributed by atoms with Gasteiger partial charge in [0.2, 0.25) is 11.8 Å². The van der Waals surface area contributed by atoms with E-state index in [0.717, 1.165) is 32.5 Å². The van der Waals surface area contributed by atoms with Gasteiger partial charge in [0.15, 0.2) is 24.8 Å². The third kappa shape index (κ3) is 9.27. The molecule has 0 radical (unpaired) electrons. The number of aromatic nitrogens is 1. The van der Waals surface area contributed by atoms with Crippen molar-refractivity contribution in [2.75, 3.05) is 10.6 Å². The van der Waals surface area contributed by atoms with Gasteiger partial charge in [0, 0.05) is 21.3 Å². The average molecular weight is 885 g/mol. The summed E-state index contributed by atoms with van der Waals surface area (Å²) in [5, 5.41) is 8.63. The van der Waals surface area contributed by atoms with Crippen molar-refractivity contribution in [2.45, 2.75) is 47.0 Å². The quantitative estimate of drug-likeness (QED) is 0.139. The molecule has 2 amide bonds. The molecule has 0 aliphatic heterocycles. The van der Waals surface area contributed by atoms with E-state index in [9.17, 15) is 26.4 Å². The highest BCUT2D eigenvalue weighted by molar-refractivity contribution is 7.94. The first-order chi connectivity index (χ1) is 27.9. The summed E-state index contributed by atoms with van der Waals surface area (Å²) in [5.74, 6) is -1.26. The molecule has 0 unspecified atom stereocenters. The van der Waals surface area contributed by atoms with E-state index in [2.05, 4.69) is 15.6 Å². The van der Waals surface area contributed by atoms with Crippen molar-refractivity contribution in [1.82, 2.24) is 4.98 Å². The van der Waals surface area contributed by atoms with Crippen LogP contribution in [0.25, 0.3) is 32.5 Å². The molecule has 2 N–H and O–H groups in total. The van der Waals surface area contributed by atoms with Gasteiger partial charge in [0.1, 0.15) is 9.49 Å². The van der Waals surface area contributed by atoms with Crippen molar-refractivity contribution in [3.8, 4) is 21.7 Å². The van der Waals surface area contributed by atoms with Gasteiger partial charge in [-0.15, -0.1) is 0 Å². The number of hydrogen-bond acceptors (Lipinski definition) is 8. The second kappa shape index (κ2) is 17.5. The summed E-state index contributed by atoms with van der Waals surface area (Å²) in [6, 6.07) is 44.2. The molecular formula is C45H39Cl2N3O6S3. The Kier molecular flexibility index (Phi) is 12.8. The monoisotopic (exact) mass is 883 g/mol. The van der Waals surface area contributed by atoms with Crippen LogP contribution in [0.3, 0.4) is 0 Å². The molecule has 7 rings (SSSR count). The number of sulfone groups is 2. The molecule has 0 aliphatic rings. The molecule has 7 aromatic rings. The largest absolute Gasteiger partial charge is 0.325 e. The first-order valence-electron chi connectivity index (χ1n) is 18.2. The SMILES string of the molecule is CC(C)(C(=O)Nc1ccc2ccccc2c1)S(=O)(=O)c1ccc(Cl)cc1.CC(C)(C(=O)Nc1nc(-c2ccccc2)c(-c2ccccc2)s1)S(=O)(=O)c1ccc(Cl)cc1. The van der Waals surface area contributed by atoms with Gasteiger partial charge in [-0.1, -0.05) is 126 Å². The molecule has 302 valence electrons. The van der Waals surface area contributed by atoms with Gasteiger partial charge in [0.25, 0.3) is 0 Å². The van der Waals surface area contributed by atoms with Crippen LogP contribution < -0.4 is 10.6 Å². The molecule has 1 heterocycles. The molecular weight excluding hydrogens is 846 g/mol. The first kappa shape index (κ1) is 43.2. The van der Waals surface area contributed by atoms with Crippen LogP contribution in [0.2, 0.25) is 10.0 Å². The Morgan fingerprint density at radius 3 is 1.49 bits per heavy atom. The summed E-state index contributed by atoms with van der Waals surface area (Å²) in [6.07, 6.45) is 0. The van der Waals surface area contributed by atoms with E-state index in [-0.39, 0.29) is 9.79 Å². The lowest BCUT2D eigenvalue weighted by molar-refractivity contribution is -0.118. The summed E-state index contributed by atoms with van der Waals surface area (Å²) < 4.78 is 48.8. The van der Waals surface area contributed by atoms with Crippen LogP contribution in [0.15, 0.2) is 161 Å². The van der Waals surface area contributed by atoms with E-state index in [1.165, 1.54) is 87.6 Å². The van der Waals surface area contributed by atoms with Gasteiger partial charge < -0.3 is 10.6 Å². The average Bonchev–Trinajstić information content (AvgIpc) is 3.65. The Balaban J connectivity index is 0.000000204. The minimum Gasteiger partial charge on any atom is -0.325 e. The van der Waals surface area contributed by atoms with Crippen LogP contribution in [0, 0.1) is 0 Å². The molecule has 0 spiro atoms. The van der Waals surface area contributed by atoms with Crippen LogP contribution in [0.5, 0.6) is 0 Å². The van der Waals surface area contributed by atoms with Gasteiger partial charge in [-0.25, -0.2) is 21.8 Å². The van der Waals surface area contributed by atoms with E-state index < -0.39 is 41.0 Å². The maximum absolute atomic E-state index is 13.2. The Morgan fingerprint density at radius 1 is 0.542 bits per heavy atom. The van der Waals surface area contributed by atoms with Crippen molar-refractivity contribution in [1.29, 1.82) is 0 Å². The number of halogens is 2. The molecule has 14 heteroatoms. The molecule has 6 aromatic carbocycles. The number of nitrogens with zero attached hydrogens (tertiary/aromatic N) is 1. The third-order valence-corrected chi connectivity index (χ3v) is 16.0. The van der Waals surface area contributed by atoms with Crippen molar-refractivity contribution < 1.29 is 26.4 Å². The lowest BCUT2D eigenvalue weighted by Gasteiger charge is -2.24. The van der Waals surface area contributed by atoms with Crippen molar-refractivity contribution >= 4 is 87.6 Å². The van der Waals surface area contributed by atoms with Crippen LogP contribution in [0.1, 0.15) is 27.7 Å². The second-order valence-corrected chi connectivity index (χ2v) is 21.2. The lowest BCUT2D eigenvalue weighted by Crippen LogP contribution is -2.44. The molecule has 59 heavy (non-hydrogen) atoms. The third-order valence-electron chi connectivity index (χ3n) is 9.62. The lowest BCUT2D eigenvalue weighted by atomic mass is 10.1. The van der Waals surface area contributed by atoms with Crippen LogP contribution in [-0.4, -0.2) is 43.1 Å². The summed E-state index contributed by atoms with van der Waals surface area (Å²) in [6.45, 7) is 5.56. The zero-order valence-corrected chi connectivity index (χ0v) is 36.3. The van der Waals surface area contributed by atoms with Gasteiger partial charge in [-0.3, -0.25) is 9.59 Å². The highest BCUT2D eigenvalue weighted by Gasteiger charge is 2.44. The number of amides is 2. The standard InChI is InChI=1S/C25H21ClN2O3S2.C20H18ClNO3S/c1-25(2,33(30,31)20-15-13-19(26)14-16-20)23(29)28-24-27-21(17-9-5-3-6-10-17)22(32-24)18-11-7-4-8-12-18;1-20(2,26(24,25)18-11-8-16(21)9-12-18)19(23)22-17-10-7-14-5-3-4-6-15(14)13-17/h3-16H,1-2H3,(H,27,28,29);3-13H,1-2H3,(H,22,23). The highest BCUT2D eigenvalue weighted by Crippen LogP contribution is 2.40. The summed E-state index contributed by atoms with van der Waals surface area (Å²) in [4.78, 5) is 31.5. The topological polar surface area (TPSA) is 139 Å². The van der Waals surface area contributed by atoms with Crippen LogP contribution >= 0.6 is 34.5 Å². The number of thiazole rings is 1. The van der Waals surface area contributed by atoms with Crippen molar-refractivity contribution in [3.63, 3.8) is 0 Å². The van der Waals surface area contributed by atoms with Crippen LogP contribution in [0.4, 0.5) is 10.8 Å². The molecule has 0 saturated carbocycles. The van der Waals surface area contributed by atoms with Crippen molar-refractivity contribution in [3.05, 3.63) is 162 Å². The zero-order valence-electron chi connectivity index (χ0n) is 32.3. The number of rotatable bonds is 10. The zero-order chi connectivity index (χ0) is 42.6. The van der Waals surface area contributed by atoms with E-state index in [4.69, 9.17) is 23.2 Å². The minimum absolute atomic E-state index is 0.0288. The summed E-state index contributed by atoms with van der Waals surface area (Å²) >= 11 is 13.0. The Morgan fingerprint density at radius 2 is 0.983 bits per heavy atom. The number of carbonyl (C=O) groups is 2. The molecule has 1 aromatic heterocycles. The molecule has 9 nitrogen and oxygen atoms in total. The Bertz CT molecular complexity index is 2790. The smallest absolute Gasteiger partial charge is 0.247 e. The van der Waals surface area contributed by atoms with Gasteiger partial charge in [-0.05, 0) is 105 Å². The summed E-state index contributed by atoms with van der Waals surface area (Å²) in [5.41, 5.74) is 3.14. The predicted octanol–water partition coefficient (Wildman–Crippen LogP) is 11.0. The number of hydrogen-bond donors (Lipinski definition) is 2. The number of nitrogens with one attached hydrogen (secondary N) is 2. The van der Waals surface area contributed by atoms with Gasteiger partial charge >= 0.3 is 0 Å². The van der Waals surface area contributed by atoms with Gasteiger partial charge in [0.05, 0.1) is 20.4 Å². The maximum atomic E-state index is 13.2. The number of benzene rings is 6. The fraction of sp³-hybridized carbons (Fsp3) is 0.133. The first-order valence-corrected chi connectivity index (χ1v) is 22.7. The molecule has 0 saturated heterocycles. The Hall–Kier alpha value is -5.37. The maximum Gasteiger partial charge on any atom is 0.247 e. The van der Waals surface area contributed by atoms with E-state index in [0.29, 0.717) is 20.9 Å². The summed E-state index contributed by atoms with van der Waals surface area (Å²) in [7, 11) is -7.86. The minimum atomic E-state index is -3.98. The number of anilines is 2. The fourth-order valence-corrected chi connectivity index (χ4v) is 9.81. The van der Waals surface area contributed by atoms with Crippen LogP contribution in [-0.2, 0) is 29.3 Å². The van der Waals surface area contributed by atoms with E-state index in [1.54, 1.807) is 6.07 Å². The molecule has 0 atom stereocenters. The number of carbonyl (C=O) groups excluding carboxylic acids is 2. The number of fused-ring (bicyclic) bond motifs is 1. The molecule has 0 fully saturated rings. The van der Waals surface area contributed by atoms with Crippen molar-refractivity contribution in [2.24, 2.45) is 0 Å². The molecule has 0 aliphatic carbocycles. The highest BCUT2D eigenvalue weighted by atomic mass is 35.5.